The Bertz CT molecular complexity index is 603. The lowest BCUT2D eigenvalue weighted by Gasteiger charge is -2.25. The van der Waals surface area contributed by atoms with Crippen molar-refractivity contribution in [3.8, 4) is 5.75 Å². The van der Waals surface area contributed by atoms with Crippen LogP contribution in [0, 0.1) is 0 Å². The first-order chi connectivity index (χ1) is 10.0. The zero-order valence-corrected chi connectivity index (χ0v) is 14.3. The Hall–Kier alpha value is -1.60. The van der Waals surface area contributed by atoms with Gasteiger partial charge in [-0.15, -0.1) is 0 Å². The lowest BCUT2D eigenvalue weighted by molar-refractivity contribution is -0.134. The normalized spacial score (nSPS) is 12.0. The summed E-state index contributed by atoms with van der Waals surface area (Å²) in [4.78, 5) is 13.7. The third kappa shape index (κ3) is 5.65. The standard InChI is InChI=1S/C15H24N2O4S/c1-15(2,16)14(18)17(3)10-5-11-21-12-6-8-13(9-7-12)22(4,19)20/h6-9H,5,10-11,16H2,1-4H3. The molecule has 1 rings (SSSR count). The molecule has 0 spiro atoms. The molecule has 0 aromatic heterocycles. The van der Waals surface area contributed by atoms with Gasteiger partial charge in [0.15, 0.2) is 9.84 Å². The van der Waals surface area contributed by atoms with Gasteiger partial charge in [0.1, 0.15) is 5.75 Å². The van der Waals surface area contributed by atoms with Gasteiger partial charge in [-0.3, -0.25) is 4.79 Å². The fourth-order valence-electron chi connectivity index (χ4n) is 1.87. The Morgan fingerprint density at radius 3 is 2.27 bits per heavy atom. The van der Waals surface area contributed by atoms with Crippen LogP contribution in [0.15, 0.2) is 29.2 Å². The zero-order valence-electron chi connectivity index (χ0n) is 13.5. The molecule has 0 aliphatic heterocycles. The van der Waals surface area contributed by atoms with Gasteiger partial charge < -0.3 is 15.4 Å². The smallest absolute Gasteiger partial charge is 0.241 e. The van der Waals surface area contributed by atoms with Gasteiger partial charge in [-0.1, -0.05) is 0 Å². The van der Waals surface area contributed by atoms with E-state index in [9.17, 15) is 13.2 Å². The molecule has 0 aliphatic rings. The number of benzene rings is 1. The average Bonchev–Trinajstić information content (AvgIpc) is 2.41. The van der Waals surface area contributed by atoms with Crippen molar-refractivity contribution in [2.45, 2.75) is 30.7 Å². The number of likely N-dealkylation sites (N-methyl/N-ethyl adjacent to an activating group) is 1. The fraction of sp³-hybridized carbons (Fsp3) is 0.533. The van der Waals surface area contributed by atoms with Crippen LogP contribution in [0.25, 0.3) is 0 Å². The molecular formula is C15H24N2O4S. The van der Waals surface area contributed by atoms with Gasteiger partial charge >= 0.3 is 0 Å². The summed E-state index contributed by atoms with van der Waals surface area (Å²) in [5.41, 5.74) is 4.87. The number of hydrogen-bond donors (Lipinski definition) is 1. The van der Waals surface area contributed by atoms with Crippen molar-refractivity contribution in [1.82, 2.24) is 4.90 Å². The quantitative estimate of drug-likeness (QED) is 0.756. The monoisotopic (exact) mass is 328 g/mol. The minimum atomic E-state index is -3.19. The van der Waals surface area contributed by atoms with Gasteiger partial charge in [-0.05, 0) is 44.5 Å². The molecule has 2 N–H and O–H groups in total. The number of nitrogens with two attached hydrogens (primary N) is 1. The topological polar surface area (TPSA) is 89.7 Å². The van der Waals surface area contributed by atoms with Crippen molar-refractivity contribution in [2.75, 3.05) is 26.5 Å². The van der Waals surface area contributed by atoms with E-state index in [0.717, 1.165) is 6.26 Å². The van der Waals surface area contributed by atoms with Crippen LogP contribution in [0.3, 0.4) is 0 Å². The Kier molecular flexibility index (Phi) is 5.96. The first-order valence-corrected chi connectivity index (χ1v) is 8.88. The predicted octanol–water partition coefficient (Wildman–Crippen LogP) is 1.05. The van der Waals surface area contributed by atoms with E-state index in [4.69, 9.17) is 10.5 Å². The Morgan fingerprint density at radius 1 is 1.27 bits per heavy atom. The van der Waals surface area contributed by atoms with Crippen LogP contribution in [0.5, 0.6) is 5.75 Å². The van der Waals surface area contributed by atoms with Gasteiger partial charge in [-0.2, -0.15) is 0 Å². The van der Waals surface area contributed by atoms with Crippen LogP contribution in [0.1, 0.15) is 20.3 Å². The van der Waals surface area contributed by atoms with Crippen molar-refractivity contribution >= 4 is 15.7 Å². The third-order valence-corrected chi connectivity index (χ3v) is 4.18. The summed E-state index contributed by atoms with van der Waals surface area (Å²) < 4.78 is 28.2. The van der Waals surface area contributed by atoms with Gasteiger partial charge in [0.25, 0.3) is 0 Å². The lowest BCUT2D eigenvalue weighted by Crippen LogP contribution is -2.50. The molecule has 0 saturated carbocycles. The molecule has 0 heterocycles. The van der Waals surface area contributed by atoms with Crippen molar-refractivity contribution in [3.05, 3.63) is 24.3 Å². The summed E-state index contributed by atoms with van der Waals surface area (Å²) in [5, 5.41) is 0. The predicted molar refractivity (Wildman–Crippen MR) is 85.6 cm³/mol. The maximum Gasteiger partial charge on any atom is 0.241 e. The van der Waals surface area contributed by atoms with Crippen LogP contribution < -0.4 is 10.5 Å². The Morgan fingerprint density at radius 2 is 1.82 bits per heavy atom. The lowest BCUT2D eigenvalue weighted by atomic mass is 10.1. The molecule has 1 aromatic rings. The van der Waals surface area contributed by atoms with Crippen molar-refractivity contribution in [3.63, 3.8) is 0 Å². The minimum Gasteiger partial charge on any atom is -0.494 e. The van der Waals surface area contributed by atoms with E-state index in [0.29, 0.717) is 25.3 Å². The second kappa shape index (κ2) is 7.11. The molecule has 22 heavy (non-hydrogen) atoms. The highest BCUT2D eigenvalue weighted by molar-refractivity contribution is 7.90. The van der Waals surface area contributed by atoms with E-state index in [1.807, 2.05) is 0 Å². The van der Waals surface area contributed by atoms with E-state index < -0.39 is 15.4 Å². The van der Waals surface area contributed by atoms with Gasteiger partial charge in [0.2, 0.25) is 5.91 Å². The van der Waals surface area contributed by atoms with E-state index in [-0.39, 0.29) is 10.8 Å². The summed E-state index contributed by atoms with van der Waals surface area (Å²) >= 11 is 0. The summed E-state index contributed by atoms with van der Waals surface area (Å²) in [6.07, 6.45) is 1.82. The number of sulfone groups is 1. The van der Waals surface area contributed by atoms with Crippen molar-refractivity contribution < 1.29 is 17.9 Å². The Balaban J connectivity index is 2.41. The minimum absolute atomic E-state index is 0.120. The summed E-state index contributed by atoms with van der Waals surface area (Å²) in [5.74, 6) is 0.477. The van der Waals surface area contributed by atoms with E-state index in [1.165, 1.54) is 12.1 Å². The van der Waals surface area contributed by atoms with Crippen LogP contribution in [-0.4, -0.2) is 51.2 Å². The number of carbonyl (C=O) groups is 1. The van der Waals surface area contributed by atoms with E-state index >= 15 is 0 Å². The number of amides is 1. The Labute approximate surface area is 132 Å². The highest BCUT2D eigenvalue weighted by Gasteiger charge is 2.25. The first kappa shape index (κ1) is 18.4. The van der Waals surface area contributed by atoms with E-state index in [1.54, 1.807) is 37.9 Å². The average molecular weight is 328 g/mol. The van der Waals surface area contributed by atoms with Crippen LogP contribution >= 0.6 is 0 Å². The molecule has 0 radical (unpaired) electrons. The maximum atomic E-state index is 11.9. The molecule has 6 nitrogen and oxygen atoms in total. The van der Waals surface area contributed by atoms with Gasteiger partial charge in [0.05, 0.1) is 17.0 Å². The molecular weight excluding hydrogens is 304 g/mol. The molecule has 0 atom stereocenters. The summed E-state index contributed by atoms with van der Waals surface area (Å²) in [6.45, 7) is 4.32. The molecule has 0 bridgehead atoms. The summed E-state index contributed by atoms with van der Waals surface area (Å²) in [7, 11) is -1.48. The maximum absolute atomic E-state index is 11.9. The zero-order chi connectivity index (χ0) is 17.0. The van der Waals surface area contributed by atoms with Crippen molar-refractivity contribution in [2.24, 2.45) is 5.73 Å². The molecule has 7 heteroatoms. The molecule has 124 valence electrons. The highest BCUT2D eigenvalue weighted by Crippen LogP contribution is 2.16. The highest BCUT2D eigenvalue weighted by atomic mass is 32.2. The number of rotatable bonds is 7. The third-order valence-electron chi connectivity index (χ3n) is 3.06. The SMILES string of the molecule is CN(CCCOc1ccc(S(C)(=O)=O)cc1)C(=O)C(C)(C)N. The number of ether oxygens (including phenoxy) is 1. The van der Waals surface area contributed by atoms with Crippen LogP contribution in [-0.2, 0) is 14.6 Å². The molecule has 1 amide bonds. The van der Waals surface area contributed by atoms with Gasteiger partial charge in [0, 0.05) is 19.8 Å². The molecule has 0 aliphatic carbocycles. The number of carbonyl (C=O) groups excluding carboxylic acids is 1. The molecule has 1 aromatic carbocycles. The molecule has 0 unspecified atom stereocenters. The van der Waals surface area contributed by atoms with Gasteiger partial charge in [-0.25, -0.2) is 8.42 Å². The van der Waals surface area contributed by atoms with E-state index in [2.05, 4.69) is 0 Å². The van der Waals surface area contributed by atoms with Crippen LogP contribution in [0.4, 0.5) is 0 Å². The molecule has 0 fully saturated rings. The molecule has 0 saturated heterocycles. The van der Waals surface area contributed by atoms with Crippen molar-refractivity contribution in [1.29, 1.82) is 0 Å². The number of nitrogens with zero attached hydrogens (tertiary/aromatic N) is 1. The number of hydrogen-bond acceptors (Lipinski definition) is 5. The second-order valence-electron chi connectivity index (χ2n) is 5.89. The largest absolute Gasteiger partial charge is 0.494 e. The second-order valence-corrected chi connectivity index (χ2v) is 7.91. The first-order valence-electron chi connectivity index (χ1n) is 6.99. The summed E-state index contributed by atoms with van der Waals surface area (Å²) in [6, 6.07) is 6.26. The fourth-order valence-corrected chi connectivity index (χ4v) is 2.50. The van der Waals surface area contributed by atoms with Crippen LogP contribution in [0.2, 0.25) is 0 Å².